The summed E-state index contributed by atoms with van der Waals surface area (Å²) in [5.74, 6) is 0.900. The van der Waals surface area contributed by atoms with E-state index in [1.54, 1.807) is 6.33 Å². The van der Waals surface area contributed by atoms with Gasteiger partial charge in [-0.25, -0.2) is 19.9 Å². The third kappa shape index (κ3) is 2.99. The molecule has 0 aromatic carbocycles. The number of allylic oxidation sites excluding steroid dienone is 1. The fourth-order valence-electron chi connectivity index (χ4n) is 3.39. The number of aromatic nitrogens is 4. The summed E-state index contributed by atoms with van der Waals surface area (Å²) in [6, 6.07) is 0.112. The first-order chi connectivity index (χ1) is 12.3. The van der Waals surface area contributed by atoms with Gasteiger partial charge in [-0.1, -0.05) is 12.2 Å². The van der Waals surface area contributed by atoms with Gasteiger partial charge in [0.05, 0.1) is 18.5 Å². The smallest absolute Gasteiger partial charge is 0.185 e. The van der Waals surface area contributed by atoms with Gasteiger partial charge in [-0.05, 0) is 20.8 Å². The molecule has 1 aliphatic heterocycles. The molecule has 2 aliphatic rings. The molecule has 138 valence electrons. The van der Waals surface area contributed by atoms with Crippen LogP contribution in [0.3, 0.4) is 0 Å². The molecule has 8 nitrogen and oxygen atoms in total. The second-order valence-electron chi connectivity index (χ2n) is 7.40. The van der Waals surface area contributed by atoms with Gasteiger partial charge in [-0.2, -0.15) is 0 Å². The van der Waals surface area contributed by atoms with Gasteiger partial charge in [0.25, 0.3) is 0 Å². The Morgan fingerprint density at radius 1 is 1.23 bits per heavy atom. The predicted octanol–water partition coefficient (Wildman–Crippen LogP) is 2.46. The summed E-state index contributed by atoms with van der Waals surface area (Å²) in [7, 11) is 3.90. The minimum atomic E-state index is -0.542. The molecule has 4 rings (SSSR count). The van der Waals surface area contributed by atoms with Gasteiger partial charge in [-0.3, -0.25) is 0 Å². The van der Waals surface area contributed by atoms with Crippen molar-refractivity contribution in [3.63, 3.8) is 0 Å². The summed E-state index contributed by atoms with van der Waals surface area (Å²) in [5.41, 5.74) is 1.48. The average Bonchev–Trinajstić information content (AvgIpc) is 3.13. The molecule has 3 heterocycles. The number of imidazole rings is 1. The van der Waals surface area contributed by atoms with Crippen LogP contribution in [0.5, 0.6) is 0 Å². The van der Waals surface area contributed by atoms with E-state index < -0.39 is 5.79 Å². The van der Waals surface area contributed by atoms with E-state index in [2.05, 4.69) is 36.7 Å². The van der Waals surface area contributed by atoms with Crippen molar-refractivity contribution in [3.8, 4) is 0 Å². The topological polar surface area (TPSA) is 77.7 Å². The van der Waals surface area contributed by atoms with Crippen LogP contribution in [0, 0.1) is 0 Å². The van der Waals surface area contributed by atoms with E-state index in [1.807, 2.05) is 39.8 Å². The van der Waals surface area contributed by atoms with Gasteiger partial charge < -0.3 is 18.9 Å². The maximum atomic E-state index is 6.03. The van der Waals surface area contributed by atoms with Crippen LogP contribution in [-0.2, 0) is 9.47 Å². The molecule has 0 saturated carbocycles. The van der Waals surface area contributed by atoms with Crippen LogP contribution in [0.2, 0.25) is 0 Å². The Labute approximate surface area is 152 Å². The van der Waals surface area contributed by atoms with Gasteiger partial charge in [0.1, 0.15) is 18.3 Å². The van der Waals surface area contributed by atoms with E-state index in [1.165, 1.54) is 6.33 Å². The minimum Gasteiger partial charge on any atom is -0.366 e. The van der Waals surface area contributed by atoms with Gasteiger partial charge >= 0.3 is 0 Å². The molecule has 0 bridgehead atoms. The first-order valence-electron chi connectivity index (χ1n) is 8.78. The maximum Gasteiger partial charge on any atom is 0.185 e. The standard InChI is InChI=1S/C18H24N6O2/c1-11(23(4)5)22-16-15-17(20-9-19-16)24(10-21-15)12-6-7-13-14(8-12)26-18(2,3)25-13/h6-7,9-10,12-14H,8H2,1-5H3/b22-11+/t12-,13-,14+/m0/s1. The Balaban J connectivity index is 1.67. The third-order valence-corrected chi connectivity index (χ3v) is 4.83. The second-order valence-corrected chi connectivity index (χ2v) is 7.40. The molecular formula is C18H24N6O2. The summed E-state index contributed by atoms with van der Waals surface area (Å²) >= 11 is 0. The van der Waals surface area contributed by atoms with Gasteiger partial charge in [0.2, 0.25) is 0 Å². The molecule has 1 fully saturated rings. The Hall–Kier alpha value is -2.32. The number of hydrogen-bond donors (Lipinski definition) is 0. The van der Waals surface area contributed by atoms with Crippen molar-refractivity contribution in [2.45, 2.75) is 51.2 Å². The van der Waals surface area contributed by atoms with Gasteiger partial charge in [-0.15, -0.1) is 0 Å². The second kappa shape index (κ2) is 6.14. The number of aliphatic imine (C=N–C) groups is 1. The van der Waals surface area contributed by atoms with E-state index in [4.69, 9.17) is 9.47 Å². The molecule has 2 aromatic heterocycles. The van der Waals surface area contributed by atoms with Gasteiger partial charge in [0, 0.05) is 20.5 Å². The Bertz CT molecular complexity index is 885. The summed E-state index contributed by atoms with van der Waals surface area (Å²) in [6.45, 7) is 5.84. The van der Waals surface area contributed by atoms with Crippen molar-refractivity contribution < 1.29 is 9.47 Å². The molecular weight excluding hydrogens is 332 g/mol. The normalized spacial score (nSPS) is 27.7. The van der Waals surface area contributed by atoms with E-state index in [0.717, 1.165) is 17.9 Å². The molecule has 0 N–H and O–H groups in total. The lowest BCUT2D eigenvalue weighted by Crippen LogP contribution is -2.28. The SMILES string of the molecule is C/C(=N\c1ncnc2c1ncn2[C@H]1C=C[C@@H]2OC(C)(C)O[C@@H]2C1)N(C)C. The first-order valence-corrected chi connectivity index (χ1v) is 8.78. The zero-order chi connectivity index (χ0) is 18.5. The molecule has 26 heavy (non-hydrogen) atoms. The molecule has 0 amide bonds. The van der Waals surface area contributed by atoms with Crippen molar-refractivity contribution in [3.05, 3.63) is 24.8 Å². The summed E-state index contributed by atoms with van der Waals surface area (Å²) in [6.07, 6.45) is 8.42. The van der Waals surface area contributed by atoms with Crippen molar-refractivity contribution in [2.75, 3.05) is 14.1 Å². The molecule has 0 unspecified atom stereocenters. The Morgan fingerprint density at radius 3 is 2.81 bits per heavy atom. The highest BCUT2D eigenvalue weighted by atomic mass is 16.7. The molecule has 0 radical (unpaired) electrons. The number of hydrogen-bond acceptors (Lipinski definition) is 6. The fraction of sp³-hybridized carbons (Fsp3) is 0.556. The van der Waals surface area contributed by atoms with Crippen molar-refractivity contribution in [2.24, 2.45) is 4.99 Å². The van der Waals surface area contributed by atoms with E-state index in [9.17, 15) is 0 Å². The molecule has 1 saturated heterocycles. The number of rotatable bonds is 2. The highest BCUT2D eigenvalue weighted by Crippen LogP contribution is 2.38. The van der Waals surface area contributed by atoms with E-state index >= 15 is 0 Å². The molecule has 1 aliphatic carbocycles. The van der Waals surface area contributed by atoms with Crippen LogP contribution in [0.15, 0.2) is 29.8 Å². The van der Waals surface area contributed by atoms with Crippen LogP contribution in [0.1, 0.15) is 33.2 Å². The summed E-state index contributed by atoms with van der Waals surface area (Å²) in [4.78, 5) is 19.8. The van der Waals surface area contributed by atoms with Crippen molar-refractivity contribution in [1.29, 1.82) is 0 Å². The Kier molecular flexibility index (Phi) is 4.04. The van der Waals surface area contributed by atoms with E-state index in [-0.39, 0.29) is 18.2 Å². The first kappa shape index (κ1) is 17.1. The Morgan fingerprint density at radius 2 is 2.04 bits per heavy atom. The molecule has 8 heteroatoms. The van der Waals surface area contributed by atoms with Crippen LogP contribution < -0.4 is 0 Å². The number of fused-ring (bicyclic) bond motifs is 2. The van der Waals surface area contributed by atoms with Gasteiger partial charge in [0.15, 0.2) is 22.8 Å². The molecule has 3 atom stereocenters. The highest BCUT2D eigenvalue weighted by molar-refractivity contribution is 5.88. The minimum absolute atomic E-state index is 0.00793. The monoisotopic (exact) mass is 356 g/mol. The third-order valence-electron chi connectivity index (χ3n) is 4.83. The molecule has 0 spiro atoms. The fourth-order valence-corrected chi connectivity index (χ4v) is 3.39. The predicted molar refractivity (Wildman–Crippen MR) is 98.4 cm³/mol. The zero-order valence-electron chi connectivity index (χ0n) is 15.7. The van der Waals surface area contributed by atoms with Crippen LogP contribution in [0.4, 0.5) is 5.82 Å². The number of nitrogens with zero attached hydrogens (tertiary/aromatic N) is 6. The lowest BCUT2D eigenvalue weighted by atomic mass is 9.97. The molecule has 2 aromatic rings. The van der Waals surface area contributed by atoms with E-state index in [0.29, 0.717) is 11.3 Å². The lowest BCUT2D eigenvalue weighted by Gasteiger charge is -2.25. The van der Waals surface area contributed by atoms with Crippen molar-refractivity contribution >= 4 is 22.8 Å². The van der Waals surface area contributed by atoms with Crippen molar-refractivity contribution in [1.82, 2.24) is 24.4 Å². The quantitative estimate of drug-likeness (QED) is 0.467. The maximum absolute atomic E-state index is 6.03. The zero-order valence-corrected chi connectivity index (χ0v) is 15.7. The average molecular weight is 356 g/mol. The highest BCUT2D eigenvalue weighted by Gasteiger charge is 2.42. The van der Waals surface area contributed by atoms with Crippen LogP contribution >= 0.6 is 0 Å². The summed E-state index contributed by atoms with van der Waals surface area (Å²) < 4.78 is 14.0. The largest absolute Gasteiger partial charge is 0.366 e. The summed E-state index contributed by atoms with van der Waals surface area (Å²) in [5, 5.41) is 0. The van der Waals surface area contributed by atoms with Crippen LogP contribution in [0.25, 0.3) is 11.2 Å². The van der Waals surface area contributed by atoms with Crippen LogP contribution in [-0.4, -0.2) is 62.3 Å². The lowest BCUT2D eigenvalue weighted by molar-refractivity contribution is -0.143. The number of amidine groups is 1. The number of ether oxygens (including phenoxy) is 2.